The second-order valence-corrected chi connectivity index (χ2v) is 5.34. The second-order valence-electron chi connectivity index (χ2n) is 4.43. The summed E-state index contributed by atoms with van der Waals surface area (Å²) in [4.78, 5) is 4.09. The molecule has 0 saturated carbocycles. The van der Waals surface area contributed by atoms with Gasteiger partial charge in [-0.05, 0) is 51.7 Å². The number of aromatic nitrogens is 1. The van der Waals surface area contributed by atoms with Crippen molar-refractivity contribution in [1.82, 2.24) is 4.98 Å². The molecular weight excluding hydrogens is 306 g/mol. The topological polar surface area (TPSA) is 42.4 Å². The van der Waals surface area contributed by atoms with Gasteiger partial charge in [-0.15, -0.1) is 0 Å². The fraction of sp³-hybridized carbons (Fsp3) is 0.267. The smallest absolute Gasteiger partial charge is 0.119 e. The predicted octanol–water partition coefficient (Wildman–Crippen LogP) is 3.00. The van der Waals surface area contributed by atoms with Crippen LogP contribution in [-0.2, 0) is 12.8 Å². The van der Waals surface area contributed by atoms with Crippen LogP contribution in [0.15, 0.2) is 47.2 Å². The van der Waals surface area contributed by atoms with Crippen LogP contribution in [0.4, 0.5) is 0 Å². The highest BCUT2D eigenvalue weighted by Gasteiger charge is 2.08. The molecule has 0 aliphatic rings. The molecule has 0 fully saturated rings. The molecule has 0 amide bonds. The highest BCUT2D eigenvalue weighted by Crippen LogP contribution is 2.16. The molecule has 19 heavy (non-hydrogen) atoms. The number of ether oxygens (including phenoxy) is 1. The maximum absolute atomic E-state index is 10.1. The quantitative estimate of drug-likeness (QED) is 0.920. The Bertz CT molecular complexity index is 545. The summed E-state index contributed by atoms with van der Waals surface area (Å²) >= 11 is 3.38. The summed E-state index contributed by atoms with van der Waals surface area (Å²) in [6, 6.07) is 9.74. The van der Waals surface area contributed by atoms with Crippen LogP contribution in [-0.4, -0.2) is 23.3 Å². The van der Waals surface area contributed by atoms with Crippen molar-refractivity contribution in [3.8, 4) is 5.75 Å². The highest BCUT2D eigenvalue weighted by molar-refractivity contribution is 9.10. The zero-order valence-electron chi connectivity index (χ0n) is 10.7. The molecule has 0 radical (unpaired) electrons. The Morgan fingerprint density at radius 3 is 2.74 bits per heavy atom. The third kappa shape index (κ3) is 4.33. The van der Waals surface area contributed by atoms with Crippen molar-refractivity contribution < 1.29 is 9.84 Å². The van der Waals surface area contributed by atoms with Crippen molar-refractivity contribution in [3.05, 3.63) is 58.3 Å². The van der Waals surface area contributed by atoms with Crippen LogP contribution >= 0.6 is 15.9 Å². The lowest BCUT2D eigenvalue weighted by atomic mass is 10.0. The normalized spacial score (nSPS) is 12.2. The molecule has 1 heterocycles. The van der Waals surface area contributed by atoms with E-state index < -0.39 is 6.10 Å². The molecule has 1 unspecified atom stereocenters. The monoisotopic (exact) mass is 321 g/mol. The molecule has 0 bridgehead atoms. The van der Waals surface area contributed by atoms with E-state index in [9.17, 15) is 5.11 Å². The molecule has 0 spiro atoms. The van der Waals surface area contributed by atoms with Crippen LogP contribution in [0.2, 0.25) is 0 Å². The van der Waals surface area contributed by atoms with Gasteiger partial charge in [0.2, 0.25) is 0 Å². The number of hydrogen-bond donors (Lipinski definition) is 1. The standard InChI is InChI=1S/C15H16BrNO2/c1-19-15-4-2-3-11(8-15)6-14(18)7-12-5-13(16)10-17-9-12/h2-5,8-10,14,18H,6-7H2,1H3. The van der Waals surface area contributed by atoms with Crippen molar-refractivity contribution in [1.29, 1.82) is 0 Å². The fourth-order valence-corrected chi connectivity index (χ4v) is 2.40. The number of aliphatic hydroxyl groups excluding tert-OH is 1. The predicted molar refractivity (Wildman–Crippen MR) is 78.3 cm³/mol. The lowest BCUT2D eigenvalue weighted by Gasteiger charge is -2.11. The first kappa shape index (κ1) is 14.0. The van der Waals surface area contributed by atoms with Crippen molar-refractivity contribution >= 4 is 15.9 Å². The van der Waals surface area contributed by atoms with Gasteiger partial charge in [-0.25, -0.2) is 0 Å². The number of hydrogen-bond acceptors (Lipinski definition) is 3. The number of rotatable bonds is 5. The van der Waals surface area contributed by atoms with E-state index in [0.29, 0.717) is 12.8 Å². The van der Waals surface area contributed by atoms with Crippen molar-refractivity contribution in [2.45, 2.75) is 18.9 Å². The summed E-state index contributed by atoms with van der Waals surface area (Å²) in [5, 5.41) is 10.1. The second kappa shape index (κ2) is 6.68. The van der Waals surface area contributed by atoms with E-state index in [1.165, 1.54) is 0 Å². The van der Waals surface area contributed by atoms with Crippen LogP contribution in [0, 0.1) is 0 Å². The molecule has 0 aliphatic heterocycles. The minimum Gasteiger partial charge on any atom is -0.497 e. The molecule has 0 aliphatic carbocycles. The third-order valence-corrected chi connectivity index (χ3v) is 3.27. The molecule has 1 N–H and O–H groups in total. The summed E-state index contributed by atoms with van der Waals surface area (Å²) in [6.07, 6.45) is 4.27. The fourth-order valence-electron chi connectivity index (χ4n) is 1.98. The highest BCUT2D eigenvalue weighted by atomic mass is 79.9. The van der Waals surface area contributed by atoms with Crippen molar-refractivity contribution in [3.63, 3.8) is 0 Å². The first-order valence-electron chi connectivity index (χ1n) is 6.08. The van der Waals surface area contributed by atoms with Gasteiger partial charge in [-0.3, -0.25) is 4.98 Å². The van der Waals surface area contributed by atoms with Gasteiger partial charge in [0, 0.05) is 23.3 Å². The summed E-state index contributed by atoms with van der Waals surface area (Å²) in [5.74, 6) is 0.814. The number of halogens is 1. The van der Waals surface area contributed by atoms with Crippen LogP contribution < -0.4 is 4.74 Å². The molecule has 2 rings (SSSR count). The van der Waals surface area contributed by atoms with E-state index in [1.807, 2.05) is 30.3 Å². The summed E-state index contributed by atoms with van der Waals surface area (Å²) < 4.78 is 6.10. The largest absolute Gasteiger partial charge is 0.497 e. The average molecular weight is 322 g/mol. The lowest BCUT2D eigenvalue weighted by Crippen LogP contribution is -2.14. The SMILES string of the molecule is COc1cccc(CC(O)Cc2cncc(Br)c2)c1. The minimum atomic E-state index is -0.428. The van der Waals surface area contributed by atoms with Gasteiger partial charge in [-0.1, -0.05) is 12.1 Å². The molecular formula is C15H16BrNO2. The van der Waals surface area contributed by atoms with Crippen molar-refractivity contribution in [2.24, 2.45) is 0 Å². The van der Waals surface area contributed by atoms with Gasteiger partial charge in [0.15, 0.2) is 0 Å². The van der Waals surface area contributed by atoms with Crippen LogP contribution in [0.5, 0.6) is 5.75 Å². The first-order valence-corrected chi connectivity index (χ1v) is 6.87. The number of methoxy groups -OCH3 is 1. The van der Waals surface area contributed by atoms with Gasteiger partial charge in [0.25, 0.3) is 0 Å². The maximum Gasteiger partial charge on any atom is 0.119 e. The van der Waals surface area contributed by atoms with E-state index >= 15 is 0 Å². The number of benzene rings is 1. The summed E-state index contributed by atoms with van der Waals surface area (Å²) in [7, 11) is 1.64. The Morgan fingerprint density at radius 2 is 2.00 bits per heavy atom. The van der Waals surface area contributed by atoms with Crippen molar-refractivity contribution in [2.75, 3.05) is 7.11 Å². The van der Waals surface area contributed by atoms with E-state index in [0.717, 1.165) is 21.3 Å². The number of nitrogens with zero attached hydrogens (tertiary/aromatic N) is 1. The molecule has 4 heteroatoms. The van der Waals surface area contributed by atoms with E-state index in [-0.39, 0.29) is 0 Å². The van der Waals surface area contributed by atoms with Crippen LogP contribution in [0.3, 0.4) is 0 Å². The molecule has 1 aromatic heterocycles. The zero-order chi connectivity index (χ0) is 13.7. The molecule has 100 valence electrons. The molecule has 0 saturated heterocycles. The van der Waals surface area contributed by atoms with Gasteiger partial charge in [0.05, 0.1) is 13.2 Å². The van der Waals surface area contributed by atoms with E-state index in [4.69, 9.17) is 4.74 Å². The summed E-state index contributed by atoms with van der Waals surface area (Å²) in [6.45, 7) is 0. The van der Waals surface area contributed by atoms with E-state index in [2.05, 4.69) is 20.9 Å². The average Bonchev–Trinajstić information content (AvgIpc) is 2.38. The van der Waals surface area contributed by atoms with Crippen LogP contribution in [0.1, 0.15) is 11.1 Å². The summed E-state index contributed by atoms with van der Waals surface area (Å²) in [5.41, 5.74) is 2.08. The Balaban J connectivity index is 1.98. The van der Waals surface area contributed by atoms with Gasteiger partial charge in [0.1, 0.15) is 5.75 Å². The Kier molecular flexibility index (Phi) is 4.93. The first-order chi connectivity index (χ1) is 9.17. The molecule has 3 nitrogen and oxygen atoms in total. The lowest BCUT2D eigenvalue weighted by molar-refractivity contribution is 0.175. The van der Waals surface area contributed by atoms with Gasteiger partial charge < -0.3 is 9.84 Å². The molecule has 1 atom stereocenters. The van der Waals surface area contributed by atoms with E-state index in [1.54, 1.807) is 19.5 Å². The zero-order valence-corrected chi connectivity index (χ0v) is 12.3. The van der Waals surface area contributed by atoms with Crippen LogP contribution in [0.25, 0.3) is 0 Å². The van der Waals surface area contributed by atoms with Gasteiger partial charge >= 0.3 is 0 Å². The Morgan fingerprint density at radius 1 is 1.21 bits per heavy atom. The minimum absolute atomic E-state index is 0.428. The molecule has 2 aromatic rings. The Hall–Kier alpha value is -1.39. The third-order valence-electron chi connectivity index (χ3n) is 2.84. The maximum atomic E-state index is 10.1. The number of pyridine rings is 1. The van der Waals surface area contributed by atoms with Gasteiger partial charge in [-0.2, -0.15) is 0 Å². The Labute approximate surface area is 121 Å². The molecule has 1 aromatic carbocycles. The number of aliphatic hydroxyl groups is 1.